The Kier molecular flexibility index (Phi) is 3.76. The van der Waals surface area contributed by atoms with Gasteiger partial charge in [0.1, 0.15) is 11.4 Å². The molecular formula is C19H16N8O4. The minimum Gasteiger partial charge on any atom is -0.477 e. The number of aromatic amines is 1. The smallest absolute Gasteiger partial charge is 0.356 e. The molecule has 0 aliphatic carbocycles. The van der Waals surface area contributed by atoms with Crippen molar-refractivity contribution in [3.8, 4) is 11.3 Å². The minimum atomic E-state index is -1.80. The molecule has 156 valence electrons. The fourth-order valence-corrected chi connectivity index (χ4v) is 3.59. The van der Waals surface area contributed by atoms with Gasteiger partial charge in [-0.1, -0.05) is 30.3 Å². The van der Waals surface area contributed by atoms with Crippen LogP contribution < -0.4 is 11.1 Å². The number of hydrogen-bond donors (Lipinski definition) is 5. The highest BCUT2D eigenvalue weighted by molar-refractivity contribution is 6.40. The molecule has 31 heavy (non-hydrogen) atoms. The second kappa shape index (κ2) is 6.27. The zero-order valence-electron chi connectivity index (χ0n) is 16.1. The summed E-state index contributed by atoms with van der Waals surface area (Å²) < 4.78 is 2.71. The van der Waals surface area contributed by atoms with E-state index in [-0.39, 0.29) is 23.0 Å². The van der Waals surface area contributed by atoms with E-state index in [0.29, 0.717) is 22.6 Å². The molecule has 4 aromatic rings. The van der Waals surface area contributed by atoms with Gasteiger partial charge in [0.2, 0.25) is 5.66 Å². The Bertz CT molecular complexity index is 1400. The molecule has 12 nitrogen and oxygen atoms in total. The number of nitrogens with zero attached hydrogens (tertiary/aromatic N) is 5. The van der Waals surface area contributed by atoms with Gasteiger partial charge in [-0.15, -0.1) is 0 Å². The van der Waals surface area contributed by atoms with Gasteiger partial charge in [-0.3, -0.25) is 10.8 Å². The molecule has 0 bridgehead atoms. The number of hydrogen-bond acceptors (Lipinski definition) is 7. The molecule has 0 spiro atoms. The molecule has 3 aromatic heterocycles. The second-order valence-electron chi connectivity index (χ2n) is 7.08. The van der Waals surface area contributed by atoms with Crippen LogP contribution in [0, 0.1) is 6.92 Å². The van der Waals surface area contributed by atoms with Gasteiger partial charge >= 0.3 is 11.9 Å². The van der Waals surface area contributed by atoms with Crippen molar-refractivity contribution in [2.75, 3.05) is 5.32 Å². The van der Waals surface area contributed by atoms with Crippen molar-refractivity contribution in [1.29, 1.82) is 0 Å². The molecule has 0 saturated heterocycles. The first-order chi connectivity index (χ1) is 14.8. The Balaban J connectivity index is 1.73. The van der Waals surface area contributed by atoms with Gasteiger partial charge in [0.05, 0.1) is 11.9 Å². The van der Waals surface area contributed by atoms with E-state index in [2.05, 4.69) is 25.5 Å². The number of aromatic carboxylic acids is 1. The van der Waals surface area contributed by atoms with Crippen LogP contribution in [0.4, 0.5) is 5.82 Å². The summed E-state index contributed by atoms with van der Waals surface area (Å²) in [5.74, 6) is -2.04. The number of nitrogens with one attached hydrogen (secondary N) is 2. The van der Waals surface area contributed by atoms with Crippen LogP contribution in [0.1, 0.15) is 22.0 Å². The van der Waals surface area contributed by atoms with Crippen LogP contribution in [0.5, 0.6) is 0 Å². The van der Waals surface area contributed by atoms with Gasteiger partial charge in [-0.25, -0.2) is 28.7 Å². The maximum atomic E-state index is 11.9. The SMILES string of the molecule is Cc1cn2c(n1)C(N)(Nc1c(-c3ccccc3)nc3cc(C(=O)O)[nH]n13)C(C(=O)O)=N2. The molecule has 12 heteroatoms. The first kappa shape index (κ1) is 18.6. The Morgan fingerprint density at radius 1 is 1.16 bits per heavy atom. The van der Waals surface area contributed by atoms with Crippen molar-refractivity contribution in [2.24, 2.45) is 10.8 Å². The van der Waals surface area contributed by atoms with Crippen molar-refractivity contribution in [3.05, 3.63) is 59.8 Å². The molecule has 0 radical (unpaired) electrons. The maximum absolute atomic E-state index is 11.9. The first-order valence-corrected chi connectivity index (χ1v) is 9.14. The van der Waals surface area contributed by atoms with Crippen LogP contribution in [0.2, 0.25) is 0 Å². The average Bonchev–Trinajstić information content (AvgIpc) is 3.44. The summed E-state index contributed by atoms with van der Waals surface area (Å²) in [5.41, 5.74) is 6.37. The molecule has 6 N–H and O–H groups in total. The number of carbonyl (C=O) groups is 2. The predicted molar refractivity (Wildman–Crippen MR) is 109 cm³/mol. The average molecular weight is 420 g/mol. The molecule has 1 atom stereocenters. The van der Waals surface area contributed by atoms with E-state index in [4.69, 9.17) is 5.73 Å². The van der Waals surface area contributed by atoms with E-state index in [1.807, 2.05) is 30.3 Å². The summed E-state index contributed by atoms with van der Waals surface area (Å²) in [6, 6.07) is 10.5. The number of aliphatic carboxylic acids is 1. The van der Waals surface area contributed by atoms with E-state index >= 15 is 0 Å². The van der Waals surface area contributed by atoms with Crippen molar-refractivity contribution in [1.82, 2.24) is 24.3 Å². The number of aryl methyl sites for hydroxylation is 1. The molecule has 1 aromatic carbocycles. The third-order valence-electron chi connectivity index (χ3n) is 4.95. The van der Waals surface area contributed by atoms with Crippen molar-refractivity contribution < 1.29 is 19.8 Å². The number of imidazole rings is 2. The summed E-state index contributed by atoms with van der Waals surface area (Å²) in [7, 11) is 0. The number of nitrogens with two attached hydrogens (primary N) is 1. The lowest BCUT2D eigenvalue weighted by molar-refractivity contribution is -0.129. The van der Waals surface area contributed by atoms with Crippen LogP contribution in [0.25, 0.3) is 16.9 Å². The molecule has 1 aliphatic heterocycles. The Labute approximate surface area is 173 Å². The standard InChI is InChI=1S/C19H16N8O4/c1-9-8-26-18(21-9)19(20,14(25-26)17(30)31)23-15-13(10-5-3-2-4-6-10)22-12-7-11(16(28)29)24-27(12)15/h2-8,23-24H,20H2,1H3,(H,28,29)(H,30,31). The van der Waals surface area contributed by atoms with Crippen LogP contribution in [-0.2, 0) is 10.5 Å². The monoisotopic (exact) mass is 420 g/mol. The van der Waals surface area contributed by atoms with Crippen LogP contribution in [0.15, 0.2) is 47.7 Å². The number of anilines is 1. The zero-order valence-corrected chi connectivity index (χ0v) is 16.1. The lowest BCUT2D eigenvalue weighted by Crippen LogP contribution is -2.53. The topological polar surface area (TPSA) is 176 Å². The quantitative estimate of drug-likeness (QED) is 0.298. The molecule has 0 saturated carbocycles. The van der Waals surface area contributed by atoms with Gasteiger partial charge in [0, 0.05) is 11.6 Å². The van der Waals surface area contributed by atoms with Crippen molar-refractivity contribution in [2.45, 2.75) is 12.6 Å². The lowest BCUT2D eigenvalue weighted by atomic mass is 10.0. The van der Waals surface area contributed by atoms with Crippen LogP contribution >= 0.6 is 0 Å². The van der Waals surface area contributed by atoms with Crippen LogP contribution in [0.3, 0.4) is 0 Å². The fraction of sp³-hybridized carbons (Fsp3) is 0.105. The predicted octanol–water partition coefficient (Wildman–Crippen LogP) is 1.06. The number of carboxylic acid groups (broad SMARTS) is 2. The third kappa shape index (κ3) is 2.69. The lowest BCUT2D eigenvalue weighted by Gasteiger charge is -2.25. The number of carboxylic acids is 2. The molecule has 5 rings (SSSR count). The highest BCUT2D eigenvalue weighted by Gasteiger charge is 2.48. The Morgan fingerprint density at radius 3 is 2.58 bits per heavy atom. The Morgan fingerprint density at radius 2 is 1.90 bits per heavy atom. The normalized spacial score (nSPS) is 17.5. The van der Waals surface area contributed by atoms with Crippen molar-refractivity contribution >= 4 is 29.1 Å². The molecule has 0 amide bonds. The fourth-order valence-electron chi connectivity index (χ4n) is 3.59. The van der Waals surface area contributed by atoms with E-state index in [0.717, 1.165) is 0 Å². The van der Waals surface area contributed by atoms with Gasteiger partial charge in [0.25, 0.3) is 0 Å². The largest absolute Gasteiger partial charge is 0.477 e. The van der Waals surface area contributed by atoms with Gasteiger partial charge in [-0.05, 0) is 6.92 Å². The number of aromatic nitrogens is 5. The summed E-state index contributed by atoms with van der Waals surface area (Å²) in [5, 5.41) is 28.9. The van der Waals surface area contributed by atoms with E-state index in [1.54, 1.807) is 13.1 Å². The summed E-state index contributed by atoms with van der Waals surface area (Å²) in [6.07, 6.45) is 1.57. The Hall–Kier alpha value is -4.45. The summed E-state index contributed by atoms with van der Waals surface area (Å²) in [4.78, 5) is 32.2. The third-order valence-corrected chi connectivity index (χ3v) is 4.95. The van der Waals surface area contributed by atoms with E-state index in [1.165, 1.54) is 15.3 Å². The van der Waals surface area contributed by atoms with Gasteiger partial charge in [0.15, 0.2) is 23.0 Å². The zero-order chi connectivity index (χ0) is 21.9. The number of fused-ring (bicyclic) bond motifs is 2. The number of benzene rings is 1. The summed E-state index contributed by atoms with van der Waals surface area (Å²) >= 11 is 0. The minimum absolute atomic E-state index is 0.0906. The molecule has 4 heterocycles. The highest BCUT2D eigenvalue weighted by atomic mass is 16.4. The molecular weight excluding hydrogens is 404 g/mol. The van der Waals surface area contributed by atoms with Crippen molar-refractivity contribution in [3.63, 3.8) is 0 Å². The second-order valence-corrected chi connectivity index (χ2v) is 7.08. The van der Waals surface area contributed by atoms with Gasteiger partial charge in [-0.2, -0.15) is 5.10 Å². The summed E-state index contributed by atoms with van der Waals surface area (Å²) in [6.45, 7) is 1.73. The maximum Gasteiger partial charge on any atom is 0.356 e. The first-order valence-electron chi connectivity index (χ1n) is 9.14. The highest BCUT2D eigenvalue weighted by Crippen LogP contribution is 2.34. The molecule has 0 fully saturated rings. The molecule has 1 unspecified atom stereocenters. The number of H-pyrrole nitrogens is 1. The van der Waals surface area contributed by atoms with E-state index < -0.39 is 17.6 Å². The van der Waals surface area contributed by atoms with Crippen LogP contribution in [-0.4, -0.2) is 52.1 Å². The van der Waals surface area contributed by atoms with E-state index in [9.17, 15) is 19.8 Å². The van der Waals surface area contributed by atoms with Gasteiger partial charge < -0.3 is 15.5 Å². The number of rotatable bonds is 5. The molecule has 1 aliphatic rings.